The molecule has 0 unspecified atom stereocenters. The quantitative estimate of drug-likeness (QED) is 0.552. The van der Waals surface area contributed by atoms with E-state index in [9.17, 15) is 14.7 Å². The molecule has 0 saturated heterocycles. The highest BCUT2D eigenvalue weighted by Crippen LogP contribution is 2.36. The summed E-state index contributed by atoms with van der Waals surface area (Å²) in [6.07, 6.45) is 1.60. The lowest BCUT2D eigenvalue weighted by Crippen LogP contribution is -2.29. The Balaban J connectivity index is 1.56. The maximum atomic E-state index is 12.6. The van der Waals surface area contributed by atoms with Crippen LogP contribution in [0.25, 0.3) is 22.7 Å². The number of phenolic OH excluding ortho intramolecular Hbond substituents is 1. The predicted molar refractivity (Wildman–Crippen MR) is 96.5 cm³/mol. The van der Waals surface area contributed by atoms with E-state index in [1.165, 1.54) is 6.07 Å². The van der Waals surface area contributed by atoms with E-state index in [-0.39, 0.29) is 17.3 Å². The van der Waals surface area contributed by atoms with E-state index in [1.807, 2.05) is 0 Å². The highest BCUT2D eigenvalue weighted by Gasteiger charge is 2.36. The molecule has 0 radical (unpaired) electrons. The first-order valence-corrected chi connectivity index (χ1v) is 8.16. The number of anilines is 1. The van der Waals surface area contributed by atoms with Gasteiger partial charge in [-0.1, -0.05) is 12.1 Å². The Morgan fingerprint density at radius 3 is 2.30 bits per heavy atom. The number of aromatic hydroxyl groups is 1. The fraction of sp³-hybridized carbons (Fsp3) is 0. The Bertz CT molecular complexity index is 1180. The van der Waals surface area contributed by atoms with Gasteiger partial charge in [-0.15, -0.1) is 0 Å². The SMILES string of the molecule is O=C1c2ccccc2C(=O)N1c1ccc(-c2nc3ncccc3o2)c(O)c1. The van der Waals surface area contributed by atoms with Crippen molar-refractivity contribution in [3.05, 3.63) is 71.9 Å². The van der Waals surface area contributed by atoms with Crippen LogP contribution in [0.5, 0.6) is 5.75 Å². The van der Waals surface area contributed by atoms with E-state index < -0.39 is 11.8 Å². The van der Waals surface area contributed by atoms with Gasteiger partial charge in [0.1, 0.15) is 5.75 Å². The number of aromatic nitrogens is 2. The first kappa shape index (κ1) is 15.3. The highest BCUT2D eigenvalue weighted by molar-refractivity contribution is 6.34. The average molecular weight is 357 g/mol. The van der Waals surface area contributed by atoms with Gasteiger partial charge in [-0.2, -0.15) is 4.98 Å². The summed E-state index contributed by atoms with van der Waals surface area (Å²) in [4.78, 5) is 34.5. The summed E-state index contributed by atoms with van der Waals surface area (Å²) in [7, 11) is 0. The molecule has 27 heavy (non-hydrogen) atoms. The third-order valence-corrected chi connectivity index (χ3v) is 4.43. The number of oxazole rings is 1. The van der Waals surface area contributed by atoms with Crippen molar-refractivity contribution in [2.45, 2.75) is 0 Å². The minimum absolute atomic E-state index is 0.157. The highest BCUT2D eigenvalue weighted by atomic mass is 16.4. The molecule has 0 fully saturated rings. The first-order chi connectivity index (χ1) is 13.1. The van der Waals surface area contributed by atoms with Crippen LogP contribution in [0.3, 0.4) is 0 Å². The number of pyridine rings is 1. The van der Waals surface area contributed by atoms with Crippen molar-refractivity contribution < 1.29 is 19.1 Å². The molecule has 0 bridgehead atoms. The summed E-state index contributed by atoms with van der Waals surface area (Å²) in [5, 5.41) is 10.5. The second-order valence-electron chi connectivity index (χ2n) is 6.04. The molecular formula is C20H11N3O4. The molecule has 7 nitrogen and oxygen atoms in total. The zero-order valence-corrected chi connectivity index (χ0v) is 13.8. The molecule has 2 aromatic heterocycles. The lowest BCUT2D eigenvalue weighted by atomic mass is 10.1. The van der Waals surface area contributed by atoms with Crippen molar-refractivity contribution in [1.82, 2.24) is 9.97 Å². The molecule has 1 aliphatic heterocycles. The lowest BCUT2D eigenvalue weighted by Gasteiger charge is -2.14. The number of rotatable bonds is 2. The Kier molecular flexibility index (Phi) is 3.11. The predicted octanol–water partition coefficient (Wildman–Crippen LogP) is 3.40. The van der Waals surface area contributed by atoms with Crippen LogP contribution in [0.4, 0.5) is 5.69 Å². The number of hydrogen-bond acceptors (Lipinski definition) is 6. The standard InChI is InChI=1S/C20H11N3O4/c24-15-10-11(23-19(25)12-4-1-2-5-13(12)20(23)26)7-8-14(15)18-22-17-16(27-18)6-3-9-21-17/h1-10,24H. The molecule has 4 aromatic rings. The van der Waals surface area contributed by atoms with Crippen LogP contribution >= 0.6 is 0 Å². The molecule has 1 N–H and O–H groups in total. The molecule has 2 aromatic carbocycles. The van der Waals surface area contributed by atoms with Gasteiger partial charge in [0.05, 0.1) is 22.4 Å². The summed E-state index contributed by atoms with van der Waals surface area (Å²) >= 11 is 0. The second-order valence-corrected chi connectivity index (χ2v) is 6.04. The minimum atomic E-state index is -0.422. The molecule has 3 heterocycles. The van der Waals surface area contributed by atoms with E-state index in [4.69, 9.17) is 4.42 Å². The number of fused-ring (bicyclic) bond motifs is 2. The van der Waals surface area contributed by atoms with Gasteiger partial charge >= 0.3 is 0 Å². The van der Waals surface area contributed by atoms with Crippen molar-refractivity contribution in [1.29, 1.82) is 0 Å². The van der Waals surface area contributed by atoms with E-state index >= 15 is 0 Å². The third kappa shape index (κ3) is 2.22. The molecule has 1 aliphatic rings. The van der Waals surface area contributed by atoms with Gasteiger partial charge in [-0.05, 0) is 36.4 Å². The summed E-state index contributed by atoms with van der Waals surface area (Å²) in [6, 6.07) is 14.5. The Hall–Kier alpha value is -4.00. The molecule has 0 spiro atoms. The van der Waals surface area contributed by atoms with Crippen LogP contribution < -0.4 is 4.90 Å². The number of phenols is 1. The monoisotopic (exact) mass is 357 g/mol. The van der Waals surface area contributed by atoms with E-state index in [1.54, 1.807) is 54.7 Å². The zero-order chi connectivity index (χ0) is 18.5. The van der Waals surface area contributed by atoms with Crippen molar-refractivity contribution in [2.75, 3.05) is 4.90 Å². The van der Waals surface area contributed by atoms with Crippen molar-refractivity contribution >= 4 is 28.7 Å². The minimum Gasteiger partial charge on any atom is -0.507 e. The van der Waals surface area contributed by atoms with Crippen LogP contribution in [0.2, 0.25) is 0 Å². The zero-order valence-electron chi connectivity index (χ0n) is 13.8. The summed E-state index contributed by atoms with van der Waals surface area (Å²) < 4.78 is 5.61. The van der Waals surface area contributed by atoms with E-state index in [0.717, 1.165) is 4.90 Å². The summed E-state index contributed by atoms with van der Waals surface area (Å²) in [6.45, 7) is 0. The fourth-order valence-electron chi connectivity index (χ4n) is 3.15. The van der Waals surface area contributed by atoms with Gasteiger partial charge < -0.3 is 9.52 Å². The largest absolute Gasteiger partial charge is 0.507 e. The van der Waals surface area contributed by atoms with Gasteiger partial charge in [0.25, 0.3) is 11.8 Å². The lowest BCUT2D eigenvalue weighted by molar-refractivity contribution is 0.0926. The number of amides is 2. The molecule has 0 atom stereocenters. The number of carbonyl (C=O) groups excluding carboxylic acids is 2. The molecule has 0 aliphatic carbocycles. The van der Waals surface area contributed by atoms with Gasteiger partial charge in [0.2, 0.25) is 5.89 Å². The first-order valence-electron chi connectivity index (χ1n) is 8.16. The number of imide groups is 1. The molecule has 7 heteroatoms. The Labute approximate surface area is 152 Å². The molecule has 5 rings (SSSR count). The smallest absolute Gasteiger partial charge is 0.266 e. The number of hydrogen-bond donors (Lipinski definition) is 1. The fourth-order valence-corrected chi connectivity index (χ4v) is 3.15. The number of benzene rings is 2. The average Bonchev–Trinajstić information content (AvgIpc) is 3.21. The van der Waals surface area contributed by atoms with Crippen LogP contribution in [0, 0.1) is 0 Å². The summed E-state index contributed by atoms with van der Waals surface area (Å²) in [5.74, 6) is -0.798. The molecular weight excluding hydrogens is 346 g/mol. The Morgan fingerprint density at radius 2 is 1.63 bits per heavy atom. The van der Waals surface area contributed by atoms with Gasteiger partial charge in [0.15, 0.2) is 11.2 Å². The number of carbonyl (C=O) groups is 2. The summed E-state index contributed by atoms with van der Waals surface area (Å²) in [5.41, 5.74) is 2.23. The normalized spacial score (nSPS) is 13.4. The van der Waals surface area contributed by atoms with Crippen LogP contribution in [0.15, 0.2) is 65.2 Å². The molecule has 130 valence electrons. The van der Waals surface area contributed by atoms with Crippen LogP contribution in [-0.2, 0) is 0 Å². The number of nitrogens with zero attached hydrogens (tertiary/aromatic N) is 3. The van der Waals surface area contributed by atoms with E-state index in [0.29, 0.717) is 27.9 Å². The van der Waals surface area contributed by atoms with Crippen LogP contribution in [-0.4, -0.2) is 26.9 Å². The molecule has 0 saturated carbocycles. The van der Waals surface area contributed by atoms with Gasteiger partial charge in [-0.3, -0.25) is 9.59 Å². The topological polar surface area (TPSA) is 96.5 Å². The third-order valence-electron chi connectivity index (χ3n) is 4.43. The van der Waals surface area contributed by atoms with Crippen molar-refractivity contribution in [3.63, 3.8) is 0 Å². The van der Waals surface area contributed by atoms with E-state index in [2.05, 4.69) is 9.97 Å². The second kappa shape index (κ2) is 5.50. The van der Waals surface area contributed by atoms with Crippen LogP contribution in [0.1, 0.15) is 20.7 Å². The van der Waals surface area contributed by atoms with Gasteiger partial charge in [-0.25, -0.2) is 9.88 Å². The van der Waals surface area contributed by atoms with Gasteiger partial charge in [0, 0.05) is 12.3 Å². The Morgan fingerprint density at radius 1 is 0.889 bits per heavy atom. The maximum absolute atomic E-state index is 12.6. The maximum Gasteiger partial charge on any atom is 0.266 e. The molecule has 2 amide bonds. The van der Waals surface area contributed by atoms with Crippen molar-refractivity contribution in [2.24, 2.45) is 0 Å². The van der Waals surface area contributed by atoms with Crippen molar-refractivity contribution in [3.8, 4) is 17.2 Å².